The minimum atomic E-state index is -1.23. The van der Waals surface area contributed by atoms with Crippen LogP contribution in [0.1, 0.15) is 65.7 Å². The summed E-state index contributed by atoms with van der Waals surface area (Å²) >= 11 is 0. The van der Waals surface area contributed by atoms with Gasteiger partial charge in [-0.15, -0.1) is 6.58 Å². The van der Waals surface area contributed by atoms with Crippen LogP contribution in [-0.2, 0) is 4.65 Å². The largest absolute Gasteiger partial charge is 0.432 e. The van der Waals surface area contributed by atoms with E-state index < -0.39 is 8.07 Å². The molecule has 0 aromatic carbocycles. The normalized spacial score (nSPS) is 30.2. The highest BCUT2D eigenvalue weighted by atomic mass is 28.3. The number of hydrogen-bond acceptors (Lipinski definition) is 1. The van der Waals surface area contributed by atoms with Crippen LogP contribution in [0.25, 0.3) is 0 Å². The van der Waals surface area contributed by atoms with Crippen molar-refractivity contribution >= 4 is 15.0 Å². The van der Waals surface area contributed by atoms with Crippen molar-refractivity contribution in [1.82, 2.24) is 0 Å². The first-order chi connectivity index (χ1) is 10.7. The van der Waals surface area contributed by atoms with Crippen molar-refractivity contribution in [3.8, 4) is 0 Å². The van der Waals surface area contributed by atoms with Gasteiger partial charge >= 0.3 is 0 Å². The van der Waals surface area contributed by atoms with Gasteiger partial charge < -0.3 is 4.65 Å². The van der Waals surface area contributed by atoms with Gasteiger partial charge in [0.2, 0.25) is 0 Å². The van der Waals surface area contributed by atoms with Crippen LogP contribution < -0.4 is 0 Å². The zero-order chi connectivity index (χ0) is 17.2. The fraction of sp³-hybridized carbons (Fsp3) is 0.900. The molecule has 0 spiro atoms. The highest BCUT2D eigenvalue weighted by Gasteiger charge is 2.49. The molecule has 0 aromatic rings. The summed E-state index contributed by atoms with van der Waals surface area (Å²) in [5, 5.41) is 0. The SMILES string of the molecule is C=C(C)C[C@H](OB1C2CCCC(CCC2)[C@H]1[Si](C)(C)C)C(C)C. The van der Waals surface area contributed by atoms with Crippen molar-refractivity contribution in [1.29, 1.82) is 0 Å². The fourth-order valence-corrected chi connectivity index (χ4v) is 8.29. The molecule has 0 aromatic heterocycles. The van der Waals surface area contributed by atoms with Crippen LogP contribution in [0.15, 0.2) is 12.2 Å². The van der Waals surface area contributed by atoms with E-state index in [0.29, 0.717) is 18.9 Å². The molecule has 23 heavy (non-hydrogen) atoms. The van der Waals surface area contributed by atoms with Gasteiger partial charge in [0.15, 0.2) is 0 Å². The van der Waals surface area contributed by atoms with E-state index in [1.165, 1.54) is 44.1 Å². The lowest BCUT2D eigenvalue weighted by Crippen LogP contribution is -2.47. The summed E-state index contributed by atoms with van der Waals surface area (Å²) in [7, 11) is -1.23. The van der Waals surface area contributed by atoms with E-state index in [-0.39, 0.29) is 0 Å². The third-order valence-electron chi connectivity index (χ3n) is 6.25. The molecule has 2 heterocycles. The maximum Gasteiger partial charge on any atom is 0.297 e. The summed E-state index contributed by atoms with van der Waals surface area (Å²) < 4.78 is 6.97. The number of hydrogen-bond donors (Lipinski definition) is 0. The van der Waals surface area contributed by atoms with E-state index in [1.54, 1.807) is 0 Å². The molecule has 2 aliphatic rings. The van der Waals surface area contributed by atoms with E-state index in [0.717, 1.165) is 23.6 Å². The van der Waals surface area contributed by atoms with Crippen LogP contribution in [0.5, 0.6) is 0 Å². The van der Waals surface area contributed by atoms with E-state index in [9.17, 15) is 0 Å². The molecule has 2 atom stereocenters. The van der Waals surface area contributed by atoms with E-state index >= 15 is 0 Å². The Morgan fingerprint density at radius 3 is 2.13 bits per heavy atom. The maximum atomic E-state index is 6.97. The molecule has 2 saturated heterocycles. The molecule has 0 aliphatic carbocycles. The summed E-state index contributed by atoms with van der Waals surface area (Å²) in [5.41, 5.74) is 2.12. The first-order valence-corrected chi connectivity index (χ1v) is 13.6. The van der Waals surface area contributed by atoms with Gasteiger partial charge in [-0.2, -0.15) is 0 Å². The third-order valence-corrected chi connectivity index (χ3v) is 9.05. The maximum absolute atomic E-state index is 6.97. The lowest BCUT2D eigenvalue weighted by molar-refractivity contribution is 0.143. The van der Waals surface area contributed by atoms with Gasteiger partial charge in [-0.25, -0.2) is 0 Å². The molecule has 2 bridgehead atoms. The second-order valence-corrected chi connectivity index (χ2v) is 15.2. The molecule has 0 radical (unpaired) electrons. The van der Waals surface area contributed by atoms with Crippen LogP contribution in [0, 0.1) is 11.8 Å². The van der Waals surface area contributed by atoms with E-state index in [1.807, 2.05) is 0 Å². The van der Waals surface area contributed by atoms with Crippen molar-refractivity contribution in [2.24, 2.45) is 11.8 Å². The zero-order valence-corrected chi connectivity index (χ0v) is 17.5. The minimum Gasteiger partial charge on any atom is -0.432 e. The van der Waals surface area contributed by atoms with E-state index in [2.05, 4.69) is 47.0 Å². The van der Waals surface area contributed by atoms with Crippen LogP contribution >= 0.6 is 0 Å². The van der Waals surface area contributed by atoms with Crippen molar-refractivity contribution in [3.05, 3.63) is 12.2 Å². The molecule has 2 aliphatic heterocycles. The Labute approximate surface area is 146 Å². The monoisotopic (exact) mass is 334 g/mol. The second kappa shape index (κ2) is 7.91. The average Bonchev–Trinajstić information content (AvgIpc) is 2.64. The molecule has 2 fully saturated rings. The highest BCUT2D eigenvalue weighted by Crippen LogP contribution is 2.51. The lowest BCUT2D eigenvalue weighted by atomic mass is 9.50. The quantitative estimate of drug-likeness (QED) is 0.393. The van der Waals surface area contributed by atoms with Gasteiger partial charge in [-0.1, -0.05) is 77.6 Å². The number of rotatable bonds is 6. The van der Waals surface area contributed by atoms with Crippen LogP contribution in [0.2, 0.25) is 30.9 Å². The first kappa shape index (κ1) is 19.3. The molecule has 0 amide bonds. The van der Waals surface area contributed by atoms with Gasteiger partial charge in [0.05, 0.1) is 0 Å². The topological polar surface area (TPSA) is 9.23 Å². The van der Waals surface area contributed by atoms with Gasteiger partial charge in [0.1, 0.15) is 0 Å². The van der Waals surface area contributed by atoms with Crippen LogP contribution in [-0.4, -0.2) is 21.1 Å². The van der Waals surface area contributed by atoms with Crippen LogP contribution in [0.4, 0.5) is 0 Å². The van der Waals surface area contributed by atoms with E-state index in [4.69, 9.17) is 4.65 Å². The standard InChI is InChI=1S/C20H39BOSi/c1-15(2)14-19(16(3)4)22-21-18-12-8-10-17(11-9-13-18)20(21)23(5,6)7/h16-20H,1,8-14H2,2-7H3/t17?,18?,19-,20+/m0/s1. The molecule has 1 nitrogen and oxygen atoms in total. The molecular formula is C20H39BOSi. The Hall–Kier alpha value is -0.0182. The molecular weight excluding hydrogens is 295 g/mol. The molecule has 0 saturated carbocycles. The van der Waals surface area contributed by atoms with Gasteiger partial charge in [-0.05, 0) is 36.4 Å². The third kappa shape index (κ3) is 4.98. The predicted molar refractivity (Wildman–Crippen MR) is 107 cm³/mol. The minimum absolute atomic E-state index is 0.357. The zero-order valence-electron chi connectivity index (χ0n) is 16.5. The molecule has 0 unspecified atom stereocenters. The summed E-state index contributed by atoms with van der Waals surface area (Å²) in [6.45, 7) is 19.2. The summed E-state index contributed by atoms with van der Waals surface area (Å²) in [4.78, 5) is 0. The predicted octanol–water partition coefficient (Wildman–Crippen LogP) is 6.59. The summed E-state index contributed by atoms with van der Waals surface area (Å²) in [5.74, 6) is 2.32. The molecule has 0 N–H and O–H groups in total. The average molecular weight is 334 g/mol. The van der Waals surface area contributed by atoms with Crippen molar-refractivity contribution < 1.29 is 4.65 Å². The fourth-order valence-electron chi connectivity index (χ4n) is 5.20. The number of fused-ring (bicyclic) bond motifs is 3. The Kier molecular flexibility index (Phi) is 6.64. The van der Waals surface area contributed by atoms with Gasteiger partial charge in [0, 0.05) is 14.2 Å². The van der Waals surface area contributed by atoms with Crippen molar-refractivity contribution in [2.75, 3.05) is 0 Å². The smallest absolute Gasteiger partial charge is 0.297 e. The van der Waals surface area contributed by atoms with Crippen LogP contribution in [0.3, 0.4) is 0 Å². The molecule has 3 heteroatoms. The Balaban J connectivity index is 2.27. The lowest BCUT2D eigenvalue weighted by Gasteiger charge is -2.40. The summed E-state index contributed by atoms with van der Waals surface area (Å²) in [6.07, 6.45) is 9.97. The van der Waals surface area contributed by atoms with Gasteiger partial charge in [-0.3, -0.25) is 0 Å². The second-order valence-electron chi connectivity index (χ2n) is 9.82. The summed E-state index contributed by atoms with van der Waals surface area (Å²) in [6, 6.07) is 0. The highest BCUT2D eigenvalue weighted by molar-refractivity contribution is 6.88. The molecule has 132 valence electrons. The van der Waals surface area contributed by atoms with Crippen molar-refractivity contribution in [3.63, 3.8) is 0 Å². The Bertz CT molecular complexity index is 391. The first-order valence-electron chi connectivity index (χ1n) is 10.00. The Morgan fingerprint density at radius 2 is 1.70 bits per heavy atom. The molecule has 2 rings (SSSR count). The van der Waals surface area contributed by atoms with Crippen molar-refractivity contribution in [2.45, 2.75) is 103 Å². The van der Waals surface area contributed by atoms with Gasteiger partial charge in [0.25, 0.3) is 6.92 Å². The Morgan fingerprint density at radius 1 is 1.13 bits per heavy atom.